The summed E-state index contributed by atoms with van der Waals surface area (Å²) in [7, 11) is 0. The van der Waals surface area contributed by atoms with Gasteiger partial charge in [0.1, 0.15) is 0 Å². The fourth-order valence-electron chi connectivity index (χ4n) is 2.57. The van der Waals surface area contributed by atoms with Crippen LogP contribution in [0.1, 0.15) is 37.6 Å². The van der Waals surface area contributed by atoms with Gasteiger partial charge in [0.05, 0.1) is 23.8 Å². The summed E-state index contributed by atoms with van der Waals surface area (Å²) >= 11 is 0. The van der Waals surface area contributed by atoms with Crippen molar-refractivity contribution in [1.29, 1.82) is 0 Å². The molecule has 1 saturated carbocycles. The maximum Gasteiger partial charge on any atom is 0.237 e. The van der Waals surface area contributed by atoms with Crippen LogP contribution in [0.5, 0.6) is 0 Å². The number of fused-ring (bicyclic) bond motifs is 1. The van der Waals surface area contributed by atoms with Crippen LogP contribution in [0.3, 0.4) is 0 Å². The first kappa shape index (κ1) is 10.8. The predicted octanol–water partition coefficient (Wildman–Crippen LogP) is 0.483. The molecule has 3 N–H and O–H groups in total. The third-order valence-corrected chi connectivity index (χ3v) is 3.93. The van der Waals surface area contributed by atoms with Gasteiger partial charge in [0.15, 0.2) is 0 Å². The number of aromatic amines is 1. The molecule has 1 aromatic heterocycles. The molecule has 2 heterocycles. The highest BCUT2D eigenvalue weighted by Gasteiger charge is 2.36. The van der Waals surface area contributed by atoms with E-state index in [2.05, 4.69) is 27.5 Å². The normalized spacial score (nSPS) is 25.8. The second-order valence-corrected chi connectivity index (χ2v) is 5.37. The smallest absolute Gasteiger partial charge is 0.237 e. The van der Waals surface area contributed by atoms with Gasteiger partial charge in [-0.2, -0.15) is 0 Å². The molecule has 1 aliphatic heterocycles. The van der Waals surface area contributed by atoms with Crippen LogP contribution in [0.25, 0.3) is 0 Å². The molecule has 5 heteroatoms. The van der Waals surface area contributed by atoms with Crippen molar-refractivity contribution in [3.63, 3.8) is 0 Å². The van der Waals surface area contributed by atoms with Crippen LogP contribution in [-0.4, -0.2) is 27.5 Å². The van der Waals surface area contributed by atoms with Crippen molar-refractivity contribution >= 4 is 5.91 Å². The number of imidazole rings is 1. The summed E-state index contributed by atoms with van der Waals surface area (Å²) in [5, 5.41) is 6.39. The maximum absolute atomic E-state index is 12.1. The summed E-state index contributed by atoms with van der Waals surface area (Å²) in [6, 6.07) is -0.136. The Hall–Kier alpha value is -1.36. The molecular weight excluding hydrogens is 216 g/mol. The van der Waals surface area contributed by atoms with Crippen LogP contribution in [0.15, 0.2) is 6.33 Å². The third-order valence-electron chi connectivity index (χ3n) is 3.93. The molecule has 1 aromatic rings. The Balaban J connectivity index is 1.64. The van der Waals surface area contributed by atoms with E-state index in [1.807, 2.05) is 0 Å². The Labute approximate surface area is 100 Å². The van der Waals surface area contributed by atoms with Gasteiger partial charge in [-0.1, -0.05) is 0 Å². The van der Waals surface area contributed by atoms with Crippen LogP contribution in [0, 0.1) is 0 Å². The number of amides is 1. The Kier molecular flexibility index (Phi) is 2.43. The fourth-order valence-corrected chi connectivity index (χ4v) is 2.57. The molecule has 1 aliphatic carbocycles. The molecule has 2 aliphatic rings. The third kappa shape index (κ3) is 1.95. The lowest BCUT2D eigenvalue weighted by Crippen LogP contribution is -2.57. The van der Waals surface area contributed by atoms with Crippen molar-refractivity contribution in [3.05, 3.63) is 17.7 Å². The molecule has 0 aromatic carbocycles. The van der Waals surface area contributed by atoms with Crippen LogP contribution >= 0.6 is 0 Å². The van der Waals surface area contributed by atoms with Crippen LogP contribution in [-0.2, 0) is 17.8 Å². The van der Waals surface area contributed by atoms with Crippen molar-refractivity contribution in [1.82, 2.24) is 20.6 Å². The zero-order valence-electron chi connectivity index (χ0n) is 10.0. The van der Waals surface area contributed by atoms with Crippen LogP contribution in [0.4, 0.5) is 0 Å². The first-order valence-corrected chi connectivity index (χ1v) is 6.23. The Morgan fingerprint density at radius 3 is 3.12 bits per heavy atom. The number of aromatic nitrogens is 2. The highest BCUT2D eigenvalue weighted by atomic mass is 16.2. The second-order valence-electron chi connectivity index (χ2n) is 5.37. The average Bonchev–Trinajstić information content (AvgIpc) is 2.73. The van der Waals surface area contributed by atoms with E-state index in [-0.39, 0.29) is 17.5 Å². The van der Waals surface area contributed by atoms with Gasteiger partial charge >= 0.3 is 0 Å². The van der Waals surface area contributed by atoms with E-state index >= 15 is 0 Å². The van der Waals surface area contributed by atoms with E-state index in [1.165, 1.54) is 6.42 Å². The minimum Gasteiger partial charge on any atom is -0.350 e. The summed E-state index contributed by atoms with van der Waals surface area (Å²) in [5.41, 5.74) is 2.15. The van der Waals surface area contributed by atoms with Crippen LogP contribution in [0.2, 0.25) is 0 Å². The lowest BCUT2D eigenvalue weighted by molar-refractivity contribution is -0.126. The Morgan fingerprint density at radius 2 is 2.41 bits per heavy atom. The molecular formula is C12H18N4O. The van der Waals surface area contributed by atoms with Crippen molar-refractivity contribution in [2.75, 3.05) is 0 Å². The lowest BCUT2D eigenvalue weighted by atomic mass is 9.78. The van der Waals surface area contributed by atoms with Gasteiger partial charge in [-0.15, -0.1) is 0 Å². The van der Waals surface area contributed by atoms with Crippen molar-refractivity contribution in [3.8, 4) is 0 Å². The number of carbonyl (C=O) groups is 1. The molecule has 17 heavy (non-hydrogen) atoms. The first-order chi connectivity index (χ1) is 8.16. The Bertz CT molecular complexity index is 435. The van der Waals surface area contributed by atoms with Gasteiger partial charge in [-0.05, 0) is 26.2 Å². The van der Waals surface area contributed by atoms with Crippen molar-refractivity contribution in [2.45, 2.75) is 50.7 Å². The molecule has 92 valence electrons. The molecule has 1 amide bonds. The average molecular weight is 234 g/mol. The van der Waals surface area contributed by atoms with Crippen LogP contribution < -0.4 is 10.6 Å². The molecule has 0 saturated heterocycles. The molecule has 0 spiro atoms. The summed E-state index contributed by atoms with van der Waals surface area (Å²) < 4.78 is 0. The number of rotatable bonds is 2. The predicted molar refractivity (Wildman–Crippen MR) is 63.3 cm³/mol. The summed E-state index contributed by atoms with van der Waals surface area (Å²) in [4.78, 5) is 19.5. The lowest BCUT2D eigenvalue weighted by Gasteiger charge is -2.40. The van der Waals surface area contributed by atoms with E-state index in [0.717, 1.165) is 24.2 Å². The minimum atomic E-state index is -0.136. The zero-order chi connectivity index (χ0) is 11.9. The summed E-state index contributed by atoms with van der Waals surface area (Å²) in [5.74, 6) is 0.112. The number of nitrogens with one attached hydrogen (secondary N) is 3. The topological polar surface area (TPSA) is 69.8 Å². The summed E-state index contributed by atoms with van der Waals surface area (Å²) in [6.45, 7) is 2.82. The molecule has 1 unspecified atom stereocenters. The minimum absolute atomic E-state index is 0.0324. The van der Waals surface area contributed by atoms with Gasteiger partial charge in [-0.25, -0.2) is 4.98 Å². The van der Waals surface area contributed by atoms with Gasteiger partial charge < -0.3 is 10.3 Å². The molecule has 3 rings (SSSR count). The highest BCUT2D eigenvalue weighted by Crippen LogP contribution is 2.31. The summed E-state index contributed by atoms with van der Waals surface area (Å²) in [6.07, 6.45) is 5.79. The van der Waals surface area contributed by atoms with E-state index in [9.17, 15) is 4.79 Å². The standard InChI is InChI=1S/C12H18N4O/c1-12(3-2-4-12)16-11(17)9-5-8-10(6-13-9)15-7-14-8/h7,9,13H,2-6H2,1H3,(H,14,15)(H,16,17). The van der Waals surface area contributed by atoms with E-state index in [1.54, 1.807) is 6.33 Å². The fraction of sp³-hybridized carbons (Fsp3) is 0.667. The quantitative estimate of drug-likeness (QED) is 0.697. The SMILES string of the molecule is CC1(NC(=O)C2Cc3nc[nH]c3CN2)CCC1. The van der Waals surface area contributed by atoms with Gasteiger partial charge in [-0.3, -0.25) is 10.1 Å². The largest absolute Gasteiger partial charge is 0.350 e. The second kappa shape index (κ2) is 3.84. The maximum atomic E-state index is 12.1. The number of hydrogen-bond donors (Lipinski definition) is 3. The van der Waals surface area contributed by atoms with Crippen molar-refractivity contribution < 1.29 is 4.79 Å². The van der Waals surface area contributed by atoms with Crippen molar-refractivity contribution in [2.24, 2.45) is 0 Å². The Morgan fingerprint density at radius 1 is 1.59 bits per heavy atom. The molecule has 0 radical (unpaired) electrons. The van der Waals surface area contributed by atoms with E-state index in [0.29, 0.717) is 13.0 Å². The number of nitrogens with zero attached hydrogens (tertiary/aromatic N) is 1. The first-order valence-electron chi connectivity index (χ1n) is 6.23. The molecule has 0 bridgehead atoms. The molecule has 1 atom stereocenters. The number of hydrogen-bond acceptors (Lipinski definition) is 3. The van der Waals surface area contributed by atoms with Gasteiger partial charge in [0.2, 0.25) is 5.91 Å². The van der Waals surface area contributed by atoms with Gasteiger partial charge in [0, 0.05) is 18.5 Å². The number of H-pyrrole nitrogens is 1. The number of carbonyl (C=O) groups excluding carboxylic acids is 1. The molecule has 1 fully saturated rings. The zero-order valence-corrected chi connectivity index (χ0v) is 10.0. The monoisotopic (exact) mass is 234 g/mol. The van der Waals surface area contributed by atoms with Gasteiger partial charge in [0.25, 0.3) is 0 Å². The highest BCUT2D eigenvalue weighted by molar-refractivity contribution is 5.83. The van der Waals surface area contributed by atoms with E-state index in [4.69, 9.17) is 0 Å². The molecule has 5 nitrogen and oxygen atoms in total. The van der Waals surface area contributed by atoms with E-state index < -0.39 is 0 Å².